The van der Waals surface area contributed by atoms with E-state index in [1.165, 1.54) is 0 Å². The van der Waals surface area contributed by atoms with E-state index in [0.717, 1.165) is 23.7 Å². The van der Waals surface area contributed by atoms with Crippen molar-refractivity contribution < 1.29 is 0 Å². The SMILES string of the molecule is [CH]1C2C3[CH]C2C13. The van der Waals surface area contributed by atoms with Gasteiger partial charge in [0, 0.05) is 0 Å². The van der Waals surface area contributed by atoms with Crippen LogP contribution in [0.2, 0.25) is 0 Å². The minimum atomic E-state index is 1.09. The first-order chi connectivity index (χ1) is 2.97. The van der Waals surface area contributed by atoms with Crippen LogP contribution in [-0.2, 0) is 0 Å². The normalized spacial score (nSPS) is 80.0. The Kier molecular flexibility index (Phi) is 0.159. The lowest BCUT2D eigenvalue weighted by Gasteiger charge is -2.76. The van der Waals surface area contributed by atoms with Gasteiger partial charge < -0.3 is 0 Å². The lowest BCUT2D eigenvalue weighted by atomic mass is 9.28. The summed E-state index contributed by atoms with van der Waals surface area (Å²) in [6.45, 7) is 0. The maximum atomic E-state index is 2.48. The van der Waals surface area contributed by atoms with Crippen LogP contribution < -0.4 is 0 Å². The monoisotopic (exact) mass is 78.0 g/mol. The van der Waals surface area contributed by atoms with Crippen LogP contribution in [0.4, 0.5) is 0 Å². The molecule has 0 heterocycles. The minimum absolute atomic E-state index is 1.09. The second-order valence-electron chi connectivity index (χ2n) is 2.69. The second-order valence-corrected chi connectivity index (χ2v) is 2.69. The molecule has 5 rings (SSSR count). The van der Waals surface area contributed by atoms with Crippen molar-refractivity contribution in [3.8, 4) is 0 Å². The van der Waals surface area contributed by atoms with Crippen molar-refractivity contribution in [3.05, 3.63) is 12.8 Å². The largest absolute Gasteiger partial charge is 0.0312 e. The van der Waals surface area contributed by atoms with Gasteiger partial charge in [-0.3, -0.25) is 0 Å². The molecule has 6 heavy (non-hydrogen) atoms. The van der Waals surface area contributed by atoms with Crippen molar-refractivity contribution in [1.82, 2.24) is 0 Å². The first-order valence-corrected chi connectivity index (χ1v) is 2.67. The van der Waals surface area contributed by atoms with E-state index >= 15 is 0 Å². The second kappa shape index (κ2) is 0.408. The van der Waals surface area contributed by atoms with Crippen LogP contribution in [0, 0.1) is 36.5 Å². The number of hydrogen-bond acceptors (Lipinski definition) is 0. The molecule has 0 N–H and O–H groups in total. The van der Waals surface area contributed by atoms with Crippen LogP contribution in [0.25, 0.3) is 0 Å². The molecule has 0 unspecified atom stereocenters. The van der Waals surface area contributed by atoms with Crippen molar-refractivity contribution in [2.75, 3.05) is 0 Å². The van der Waals surface area contributed by atoms with E-state index < -0.39 is 0 Å². The molecule has 5 aliphatic carbocycles. The van der Waals surface area contributed by atoms with Gasteiger partial charge in [0.2, 0.25) is 0 Å². The molecular formula is C6H6. The molecule has 2 radical (unpaired) electrons. The summed E-state index contributed by atoms with van der Waals surface area (Å²) in [4.78, 5) is 0. The Morgan fingerprint density at radius 1 is 0.667 bits per heavy atom. The van der Waals surface area contributed by atoms with Crippen molar-refractivity contribution in [3.63, 3.8) is 0 Å². The zero-order valence-electron chi connectivity index (χ0n) is 3.46. The minimum Gasteiger partial charge on any atom is -0.0312 e. The molecule has 0 spiro atoms. The van der Waals surface area contributed by atoms with Gasteiger partial charge in [-0.1, -0.05) is 0 Å². The quantitative estimate of drug-likeness (QED) is 0.404. The van der Waals surface area contributed by atoms with Crippen molar-refractivity contribution in [1.29, 1.82) is 0 Å². The van der Waals surface area contributed by atoms with E-state index in [-0.39, 0.29) is 0 Å². The molecule has 0 amide bonds. The highest BCUT2D eigenvalue weighted by molar-refractivity contribution is 5.37. The summed E-state index contributed by atoms with van der Waals surface area (Å²) in [5.41, 5.74) is 0. The van der Waals surface area contributed by atoms with E-state index in [4.69, 9.17) is 0 Å². The van der Waals surface area contributed by atoms with Crippen molar-refractivity contribution >= 4 is 0 Å². The molecule has 0 aromatic rings. The Morgan fingerprint density at radius 2 is 1.00 bits per heavy atom. The smallest absolute Gasteiger partial charge is 0.0312 e. The average Bonchev–Trinajstić information content (AvgIpc) is 1.24. The fourth-order valence-electron chi connectivity index (χ4n) is 1.84. The molecule has 0 saturated heterocycles. The van der Waals surface area contributed by atoms with Crippen molar-refractivity contribution in [2.45, 2.75) is 0 Å². The highest BCUT2D eigenvalue weighted by Crippen LogP contribution is 2.75. The molecule has 0 nitrogen and oxygen atoms in total. The van der Waals surface area contributed by atoms with E-state index in [2.05, 4.69) is 12.8 Å². The third-order valence-corrected chi connectivity index (χ3v) is 2.67. The zero-order valence-corrected chi connectivity index (χ0v) is 3.46. The summed E-state index contributed by atoms with van der Waals surface area (Å²) in [6, 6.07) is 0. The van der Waals surface area contributed by atoms with Gasteiger partial charge in [0.1, 0.15) is 0 Å². The summed E-state index contributed by atoms with van der Waals surface area (Å²) in [7, 11) is 0. The Bertz CT molecular complexity index is 72.6. The predicted octanol–water partition coefficient (Wildman–Crippen LogP) is 0.901. The first kappa shape index (κ1) is 2.34. The summed E-state index contributed by atoms with van der Waals surface area (Å²) < 4.78 is 0. The van der Waals surface area contributed by atoms with Crippen LogP contribution in [0.5, 0.6) is 0 Å². The molecular weight excluding hydrogens is 72.1 g/mol. The van der Waals surface area contributed by atoms with Crippen molar-refractivity contribution in [2.24, 2.45) is 23.7 Å². The van der Waals surface area contributed by atoms with E-state index in [0.29, 0.717) is 0 Å². The summed E-state index contributed by atoms with van der Waals surface area (Å²) >= 11 is 0. The molecule has 0 heteroatoms. The first-order valence-electron chi connectivity index (χ1n) is 2.67. The van der Waals surface area contributed by atoms with Crippen LogP contribution >= 0.6 is 0 Å². The molecule has 5 fully saturated rings. The van der Waals surface area contributed by atoms with E-state index in [9.17, 15) is 0 Å². The Hall–Kier alpha value is 0. The fourth-order valence-corrected chi connectivity index (χ4v) is 1.84. The fraction of sp³-hybridized carbons (Fsp3) is 0.667. The standard InChI is InChI=1S/C6H6/c1-3-5-2-6(3)4(1)5/h1-6H. The molecule has 5 saturated carbocycles. The van der Waals surface area contributed by atoms with Gasteiger partial charge in [0.05, 0.1) is 0 Å². The molecule has 5 aliphatic rings. The van der Waals surface area contributed by atoms with Gasteiger partial charge in [-0.05, 0) is 36.5 Å². The lowest BCUT2D eigenvalue weighted by molar-refractivity contribution is -0.154. The summed E-state index contributed by atoms with van der Waals surface area (Å²) in [6.07, 6.45) is 4.96. The molecule has 0 aromatic heterocycles. The van der Waals surface area contributed by atoms with Crippen LogP contribution in [0.1, 0.15) is 0 Å². The van der Waals surface area contributed by atoms with Gasteiger partial charge in [-0.15, -0.1) is 0 Å². The van der Waals surface area contributed by atoms with Crippen LogP contribution in [0.3, 0.4) is 0 Å². The number of rotatable bonds is 0. The molecule has 4 bridgehead atoms. The van der Waals surface area contributed by atoms with Crippen LogP contribution in [-0.4, -0.2) is 0 Å². The maximum absolute atomic E-state index is 2.48. The molecule has 30 valence electrons. The van der Waals surface area contributed by atoms with Crippen LogP contribution in [0.15, 0.2) is 0 Å². The third kappa shape index (κ3) is 0.0625. The Balaban J connectivity index is 2.15. The molecule has 0 atom stereocenters. The van der Waals surface area contributed by atoms with Gasteiger partial charge in [-0.25, -0.2) is 0 Å². The Morgan fingerprint density at radius 3 is 1.00 bits per heavy atom. The van der Waals surface area contributed by atoms with Gasteiger partial charge >= 0.3 is 0 Å². The predicted molar refractivity (Wildman–Crippen MR) is 22.6 cm³/mol. The Labute approximate surface area is 37.5 Å². The molecule has 0 aliphatic heterocycles. The lowest BCUT2D eigenvalue weighted by Crippen LogP contribution is -2.71. The highest BCUT2D eigenvalue weighted by Gasteiger charge is 2.70. The van der Waals surface area contributed by atoms with Gasteiger partial charge in [0.15, 0.2) is 0 Å². The van der Waals surface area contributed by atoms with Gasteiger partial charge in [0.25, 0.3) is 0 Å². The highest BCUT2D eigenvalue weighted by atomic mass is 14.7. The van der Waals surface area contributed by atoms with E-state index in [1.54, 1.807) is 0 Å². The average molecular weight is 78.1 g/mol. The maximum Gasteiger partial charge on any atom is -0.0312 e. The summed E-state index contributed by atoms with van der Waals surface area (Å²) in [5.74, 6) is 4.37. The van der Waals surface area contributed by atoms with Gasteiger partial charge in [-0.2, -0.15) is 0 Å². The third-order valence-electron chi connectivity index (χ3n) is 2.67. The molecule has 0 aromatic carbocycles. The number of hydrogen-bond donors (Lipinski definition) is 0. The van der Waals surface area contributed by atoms with E-state index in [1.807, 2.05) is 0 Å². The zero-order chi connectivity index (χ0) is 3.72. The topological polar surface area (TPSA) is 0 Å². The summed E-state index contributed by atoms with van der Waals surface area (Å²) in [5, 5.41) is 0.